The second-order valence-electron chi connectivity index (χ2n) is 8.42. The second kappa shape index (κ2) is 9.47. The zero-order valence-electron chi connectivity index (χ0n) is 18.3. The molecule has 0 spiro atoms. The topological polar surface area (TPSA) is 96.3 Å². The summed E-state index contributed by atoms with van der Waals surface area (Å²) >= 11 is 0. The molecular weight excluding hydrogens is 392 g/mol. The molecule has 0 aliphatic carbocycles. The van der Waals surface area contributed by atoms with Gasteiger partial charge >= 0.3 is 6.03 Å². The minimum absolute atomic E-state index is 0.152. The van der Waals surface area contributed by atoms with E-state index in [0.717, 1.165) is 11.3 Å². The minimum atomic E-state index is -0.325. The van der Waals surface area contributed by atoms with E-state index in [1.54, 1.807) is 30.5 Å². The van der Waals surface area contributed by atoms with E-state index >= 15 is 0 Å². The number of nitrogens with one attached hydrogen (secondary N) is 3. The predicted octanol–water partition coefficient (Wildman–Crippen LogP) is 4.54. The number of aromatic nitrogens is 1. The van der Waals surface area contributed by atoms with Gasteiger partial charge in [-0.05, 0) is 64.1 Å². The Morgan fingerprint density at radius 3 is 2.32 bits per heavy atom. The van der Waals surface area contributed by atoms with Crippen molar-refractivity contribution < 1.29 is 14.0 Å². The number of carbonyl (C=O) groups excluding carboxylic acids is 2. The van der Waals surface area contributed by atoms with Crippen molar-refractivity contribution in [2.45, 2.75) is 39.7 Å². The van der Waals surface area contributed by atoms with E-state index in [1.807, 2.05) is 52.0 Å². The molecule has 7 nitrogen and oxygen atoms in total. The van der Waals surface area contributed by atoms with Gasteiger partial charge in [-0.15, -0.1) is 0 Å². The number of urea groups is 1. The Kier molecular flexibility index (Phi) is 6.74. The lowest BCUT2D eigenvalue weighted by Gasteiger charge is -2.20. The molecular formula is C24H28N4O3. The molecule has 162 valence electrons. The molecule has 0 aliphatic heterocycles. The van der Waals surface area contributed by atoms with Crippen molar-refractivity contribution in [2.75, 3.05) is 11.9 Å². The molecule has 0 aliphatic rings. The summed E-state index contributed by atoms with van der Waals surface area (Å²) in [6.45, 7) is 8.21. The van der Waals surface area contributed by atoms with Crippen LogP contribution in [0.4, 0.5) is 10.5 Å². The number of benzene rings is 2. The largest absolute Gasteiger partial charge is 0.444 e. The molecule has 0 atom stereocenters. The van der Waals surface area contributed by atoms with Crippen LogP contribution >= 0.6 is 0 Å². The first-order valence-electron chi connectivity index (χ1n) is 10.2. The minimum Gasteiger partial charge on any atom is -0.444 e. The number of aryl methyl sites for hydroxylation is 1. The van der Waals surface area contributed by atoms with Crippen molar-refractivity contribution in [3.8, 4) is 11.5 Å². The quantitative estimate of drug-likeness (QED) is 0.545. The Hall–Kier alpha value is -3.61. The molecule has 2 aromatic carbocycles. The number of oxazole rings is 1. The zero-order chi connectivity index (χ0) is 22.4. The van der Waals surface area contributed by atoms with Gasteiger partial charge in [0.25, 0.3) is 5.91 Å². The highest BCUT2D eigenvalue weighted by Gasteiger charge is 2.15. The fourth-order valence-corrected chi connectivity index (χ4v) is 2.85. The van der Waals surface area contributed by atoms with Crippen molar-refractivity contribution in [1.29, 1.82) is 0 Å². The van der Waals surface area contributed by atoms with E-state index in [4.69, 9.17) is 4.42 Å². The lowest BCUT2D eigenvalue weighted by Crippen LogP contribution is -2.40. The van der Waals surface area contributed by atoms with E-state index < -0.39 is 0 Å². The second-order valence-corrected chi connectivity index (χ2v) is 8.42. The summed E-state index contributed by atoms with van der Waals surface area (Å²) in [6, 6.07) is 14.4. The number of amides is 3. The molecule has 1 heterocycles. The van der Waals surface area contributed by atoms with Crippen LogP contribution in [0.1, 0.15) is 42.4 Å². The summed E-state index contributed by atoms with van der Waals surface area (Å²) in [6.07, 6.45) is 2.16. The van der Waals surface area contributed by atoms with Crippen LogP contribution in [-0.4, -0.2) is 29.0 Å². The molecule has 0 saturated carbocycles. The van der Waals surface area contributed by atoms with Crippen LogP contribution in [0.5, 0.6) is 0 Å². The zero-order valence-corrected chi connectivity index (χ0v) is 18.3. The van der Waals surface area contributed by atoms with Crippen LogP contribution in [0.2, 0.25) is 0 Å². The Morgan fingerprint density at radius 2 is 1.68 bits per heavy atom. The van der Waals surface area contributed by atoms with Gasteiger partial charge in [-0.1, -0.05) is 17.7 Å². The first-order valence-corrected chi connectivity index (χ1v) is 10.2. The van der Waals surface area contributed by atoms with E-state index in [2.05, 4.69) is 20.9 Å². The summed E-state index contributed by atoms with van der Waals surface area (Å²) < 4.78 is 5.53. The summed E-state index contributed by atoms with van der Waals surface area (Å²) in [5.41, 5.74) is 3.70. The van der Waals surface area contributed by atoms with Crippen LogP contribution in [0.25, 0.3) is 11.5 Å². The van der Waals surface area contributed by atoms with Gasteiger partial charge in [0.1, 0.15) is 6.26 Å². The van der Waals surface area contributed by atoms with E-state index in [1.165, 1.54) is 5.56 Å². The molecule has 7 heteroatoms. The molecule has 0 bridgehead atoms. The Labute approximate surface area is 182 Å². The number of rotatable bonds is 6. The van der Waals surface area contributed by atoms with Gasteiger partial charge in [0.05, 0.1) is 5.69 Å². The van der Waals surface area contributed by atoms with Crippen LogP contribution in [0.3, 0.4) is 0 Å². The van der Waals surface area contributed by atoms with Crippen molar-refractivity contribution in [3.05, 3.63) is 71.6 Å². The van der Waals surface area contributed by atoms with E-state index in [0.29, 0.717) is 30.1 Å². The van der Waals surface area contributed by atoms with Crippen molar-refractivity contribution >= 4 is 17.6 Å². The summed E-state index contributed by atoms with van der Waals surface area (Å²) in [4.78, 5) is 28.7. The normalized spacial score (nSPS) is 11.1. The molecule has 0 unspecified atom stereocenters. The number of hydrogen-bond donors (Lipinski definition) is 3. The molecule has 31 heavy (non-hydrogen) atoms. The average molecular weight is 421 g/mol. The van der Waals surface area contributed by atoms with Crippen LogP contribution in [-0.2, 0) is 6.42 Å². The molecule has 0 fully saturated rings. The lowest BCUT2D eigenvalue weighted by atomic mass is 10.1. The molecule has 0 radical (unpaired) electrons. The predicted molar refractivity (Wildman–Crippen MR) is 121 cm³/mol. The highest BCUT2D eigenvalue weighted by atomic mass is 16.3. The Bertz CT molecular complexity index is 1030. The van der Waals surface area contributed by atoms with Gasteiger partial charge in [-0.2, -0.15) is 0 Å². The summed E-state index contributed by atoms with van der Waals surface area (Å²) in [7, 11) is 0. The standard InChI is InChI=1S/C24H28N4O3/c1-16-5-7-18(8-6-16)22-26-20(15-31-22)13-14-25-23(30)27-19-11-9-17(10-12-19)21(29)28-24(2,3)4/h5-12,15H,13-14H2,1-4H3,(H,28,29)(H2,25,27,30). The van der Waals surface area contributed by atoms with Gasteiger partial charge in [0, 0.05) is 35.3 Å². The monoisotopic (exact) mass is 420 g/mol. The van der Waals surface area contributed by atoms with Crippen molar-refractivity contribution in [2.24, 2.45) is 0 Å². The third-order valence-corrected chi connectivity index (χ3v) is 4.41. The van der Waals surface area contributed by atoms with Crippen LogP contribution < -0.4 is 16.0 Å². The highest BCUT2D eigenvalue weighted by Crippen LogP contribution is 2.19. The van der Waals surface area contributed by atoms with Crippen molar-refractivity contribution in [1.82, 2.24) is 15.6 Å². The SMILES string of the molecule is Cc1ccc(-c2nc(CCNC(=O)Nc3ccc(C(=O)NC(C)(C)C)cc3)co2)cc1. The van der Waals surface area contributed by atoms with Gasteiger partial charge < -0.3 is 20.4 Å². The summed E-state index contributed by atoms with van der Waals surface area (Å²) in [5.74, 6) is 0.413. The molecule has 3 rings (SSSR count). The van der Waals surface area contributed by atoms with E-state index in [-0.39, 0.29) is 17.5 Å². The molecule has 1 aromatic heterocycles. The summed E-state index contributed by atoms with van der Waals surface area (Å²) in [5, 5.41) is 8.45. The smallest absolute Gasteiger partial charge is 0.319 e. The number of carbonyl (C=O) groups is 2. The maximum absolute atomic E-state index is 12.2. The van der Waals surface area contributed by atoms with Crippen LogP contribution in [0, 0.1) is 6.92 Å². The molecule has 0 saturated heterocycles. The fourth-order valence-electron chi connectivity index (χ4n) is 2.85. The third kappa shape index (κ3) is 6.70. The average Bonchev–Trinajstić information content (AvgIpc) is 3.16. The van der Waals surface area contributed by atoms with Gasteiger partial charge in [-0.3, -0.25) is 4.79 Å². The maximum Gasteiger partial charge on any atom is 0.319 e. The number of nitrogens with zero attached hydrogens (tertiary/aromatic N) is 1. The number of anilines is 1. The van der Waals surface area contributed by atoms with Gasteiger partial charge in [-0.25, -0.2) is 9.78 Å². The van der Waals surface area contributed by atoms with Crippen molar-refractivity contribution in [3.63, 3.8) is 0 Å². The Morgan fingerprint density at radius 1 is 1.00 bits per heavy atom. The number of hydrogen-bond acceptors (Lipinski definition) is 4. The third-order valence-electron chi connectivity index (χ3n) is 4.41. The maximum atomic E-state index is 12.2. The van der Waals surface area contributed by atoms with Gasteiger partial charge in [0.15, 0.2) is 0 Å². The fraction of sp³-hybridized carbons (Fsp3) is 0.292. The highest BCUT2D eigenvalue weighted by molar-refractivity contribution is 5.95. The molecule has 3 aromatic rings. The molecule has 3 amide bonds. The lowest BCUT2D eigenvalue weighted by molar-refractivity contribution is 0.0919. The Balaban J connectivity index is 1.45. The molecule has 3 N–H and O–H groups in total. The first kappa shape index (κ1) is 22.1. The van der Waals surface area contributed by atoms with Crippen LogP contribution in [0.15, 0.2) is 59.2 Å². The van der Waals surface area contributed by atoms with Gasteiger partial charge in [0.2, 0.25) is 5.89 Å². The van der Waals surface area contributed by atoms with E-state index in [9.17, 15) is 9.59 Å². The first-order chi connectivity index (χ1) is 14.7.